The summed E-state index contributed by atoms with van der Waals surface area (Å²) in [7, 11) is 0. The van der Waals surface area contributed by atoms with E-state index in [1.807, 2.05) is 75.5 Å². The van der Waals surface area contributed by atoms with Gasteiger partial charge in [0.1, 0.15) is 17.1 Å². The molecule has 0 bridgehead atoms. The fourth-order valence-corrected chi connectivity index (χ4v) is 1.98. The van der Waals surface area contributed by atoms with E-state index in [4.69, 9.17) is 9.47 Å². The van der Waals surface area contributed by atoms with Crippen molar-refractivity contribution < 1.29 is 19.1 Å². The van der Waals surface area contributed by atoms with Crippen LogP contribution < -0.4 is 0 Å². The maximum Gasteiger partial charge on any atom is 0.323 e. The molecule has 0 amide bonds. The van der Waals surface area contributed by atoms with Crippen molar-refractivity contribution in [3.63, 3.8) is 0 Å². The van der Waals surface area contributed by atoms with Crippen LogP contribution in [-0.2, 0) is 19.1 Å². The molecular formula is C12H12I2O4. The first kappa shape index (κ1) is 15.7. The van der Waals surface area contributed by atoms with E-state index < -0.39 is 0 Å². The third kappa shape index (κ3) is 5.51. The van der Waals surface area contributed by atoms with Gasteiger partial charge in [-0.15, -0.1) is 0 Å². The first-order valence-electron chi connectivity index (χ1n) is 5.22. The highest BCUT2D eigenvalue weighted by atomic mass is 127. The van der Waals surface area contributed by atoms with Crippen molar-refractivity contribution in [2.45, 2.75) is 3.92 Å². The number of carbonyl (C=O) groups excluding carboxylic acids is 2. The van der Waals surface area contributed by atoms with Crippen LogP contribution in [0.3, 0.4) is 0 Å². The van der Waals surface area contributed by atoms with Gasteiger partial charge in [-0.3, -0.25) is 9.59 Å². The van der Waals surface area contributed by atoms with E-state index in [0.717, 1.165) is 5.56 Å². The van der Waals surface area contributed by atoms with Crippen molar-refractivity contribution in [3.05, 3.63) is 35.9 Å². The number of halogens is 2. The molecule has 0 aromatic heterocycles. The first-order chi connectivity index (χ1) is 8.65. The molecule has 18 heavy (non-hydrogen) atoms. The molecule has 0 heterocycles. The molecule has 0 saturated carbocycles. The van der Waals surface area contributed by atoms with Gasteiger partial charge in [0, 0.05) is 0 Å². The van der Waals surface area contributed by atoms with Gasteiger partial charge >= 0.3 is 11.9 Å². The quantitative estimate of drug-likeness (QED) is 0.276. The van der Waals surface area contributed by atoms with Gasteiger partial charge in [-0.1, -0.05) is 75.5 Å². The summed E-state index contributed by atoms with van der Waals surface area (Å²) < 4.78 is 9.78. The summed E-state index contributed by atoms with van der Waals surface area (Å²) in [5.41, 5.74) is 0.896. The summed E-state index contributed by atoms with van der Waals surface area (Å²) in [6, 6.07) is 9.37. The van der Waals surface area contributed by atoms with Crippen molar-refractivity contribution >= 4 is 57.1 Å². The molecule has 4 nitrogen and oxygen atoms in total. The van der Waals surface area contributed by atoms with E-state index in [1.54, 1.807) is 0 Å². The smallest absolute Gasteiger partial charge is 0.323 e. The fourth-order valence-electron chi connectivity index (χ4n) is 1.17. The van der Waals surface area contributed by atoms with Crippen LogP contribution >= 0.6 is 45.2 Å². The number of carbonyl (C=O) groups is 2. The van der Waals surface area contributed by atoms with Crippen molar-refractivity contribution in [2.24, 2.45) is 0 Å². The zero-order chi connectivity index (χ0) is 13.4. The average Bonchev–Trinajstić information content (AvgIpc) is 2.43. The van der Waals surface area contributed by atoms with Crippen LogP contribution in [-0.4, -0.2) is 29.6 Å². The standard InChI is InChI=1S/C12H12I2O4/c13-8-10(15)17-6-7-18-12(16)11(14)9-4-2-1-3-5-9/h1-5,11H,6-8H2. The Kier molecular flexibility index (Phi) is 7.56. The third-order valence-electron chi connectivity index (χ3n) is 2.00. The predicted octanol–water partition coefficient (Wildman–Crippen LogP) is 2.68. The van der Waals surface area contributed by atoms with Gasteiger partial charge in [-0.2, -0.15) is 0 Å². The Morgan fingerprint density at radius 3 is 2.33 bits per heavy atom. The highest BCUT2D eigenvalue weighted by Crippen LogP contribution is 2.24. The molecule has 0 aliphatic carbocycles. The summed E-state index contributed by atoms with van der Waals surface area (Å²) in [4.78, 5) is 22.5. The van der Waals surface area contributed by atoms with Gasteiger partial charge in [-0.05, 0) is 5.56 Å². The number of hydrogen-bond donors (Lipinski definition) is 0. The molecule has 0 aliphatic heterocycles. The maximum atomic E-state index is 11.7. The van der Waals surface area contributed by atoms with Crippen LogP contribution in [0.25, 0.3) is 0 Å². The molecule has 0 radical (unpaired) electrons. The predicted molar refractivity (Wildman–Crippen MR) is 84.0 cm³/mol. The molecule has 1 atom stereocenters. The van der Waals surface area contributed by atoms with Gasteiger partial charge in [0.2, 0.25) is 0 Å². The molecule has 0 aliphatic rings. The molecule has 1 aromatic rings. The number of hydrogen-bond acceptors (Lipinski definition) is 4. The lowest BCUT2D eigenvalue weighted by molar-refractivity contribution is -0.150. The molecule has 1 aromatic carbocycles. The third-order valence-corrected chi connectivity index (χ3v) is 3.85. The van der Waals surface area contributed by atoms with E-state index in [0.29, 0.717) is 4.43 Å². The second-order valence-electron chi connectivity index (χ2n) is 3.29. The monoisotopic (exact) mass is 474 g/mol. The van der Waals surface area contributed by atoms with Crippen LogP contribution in [0.5, 0.6) is 0 Å². The van der Waals surface area contributed by atoms with Crippen LogP contribution in [0.2, 0.25) is 0 Å². The second-order valence-corrected chi connectivity index (χ2v) is 5.30. The summed E-state index contributed by atoms with van der Waals surface area (Å²) in [6.45, 7) is 0.194. The molecular weight excluding hydrogens is 462 g/mol. The van der Waals surface area contributed by atoms with E-state index in [2.05, 4.69) is 0 Å². The number of alkyl halides is 2. The minimum Gasteiger partial charge on any atom is -0.461 e. The van der Waals surface area contributed by atoms with Crippen LogP contribution in [0.1, 0.15) is 9.49 Å². The average molecular weight is 474 g/mol. The zero-order valence-corrected chi connectivity index (χ0v) is 13.8. The van der Waals surface area contributed by atoms with Crippen molar-refractivity contribution in [1.82, 2.24) is 0 Å². The Morgan fingerprint density at radius 2 is 1.72 bits per heavy atom. The summed E-state index contributed by atoms with van der Waals surface area (Å²) >= 11 is 3.94. The van der Waals surface area contributed by atoms with Gasteiger partial charge in [0.05, 0.1) is 4.43 Å². The van der Waals surface area contributed by atoms with Gasteiger partial charge < -0.3 is 9.47 Å². The lowest BCUT2D eigenvalue weighted by atomic mass is 10.2. The molecule has 0 spiro atoms. The van der Waals surface area contributed by atoms with Gasteiger partial charge in [-0.25, -0.2) is 0 Å². The Labute approximate surface area is 133 Å². The van der Waals surface area contributed by atoms with Crippen LogP contribution in [0.4, 0.5) is 0 Å². The van der Waals surface area contributed by atoms with Gasteiger partial charge in [0.25, 0.3) is 0 Å². The summed E-state index contributed by atoms with van der Waals surface area (Å²) in [6.07, 6.45) is 0. The highest BCUT2D eigenvalue weighted by molar-refractivity contribution is 14.1. The molecule has 0 saturated heterocycles. The molecule has 1 unspecified atom stereocenters. The summed E-state index contributed by atoms with van der Waals surface area (Å²) in [5, 5.41) is 0. The second kappa shape index (κ2) is 8.68. The fraction of sp³-hybridized carbons (Fsp3) is 0.333. The van der Waals surface area contributed by atoms with E-state index in [-0.39, 0.29) is 29.1 Å². The lowest BCUT2D eigenvalue weighted by Gasteiger charge is -2.10. The Morgan fingerprint density at radius 1 is 1.11 bits per heavy atom. The largest absolute Gasteiger partial charge is 0.461 e. The van der Waals surface area contributed by atoms with E-state index >= 15 is 0 Å². The Hall–Kier alpha value is -0.380. The highest BCUT2D eigenvalue weighted by Gasteiger charge is 2.18. The van der Waals surface area contributed by atoms with Gasteiger partial charge in [0.15, 0.2) is 0 Å². The van der Waals surface area contributed by atoms with E-state index in [9.17, 15) is 9.59 Å². The molecule has 98 valence electrons. The minimum atomic E-state index is -0.343. The lowest BCUT2D eigenvalue weighted by Crippen LogP contribution is -2.16. The topological polar surface area (TPSA) is 52.6 Å². The molecule has 0 N–H and O–H groups in total. The van der Waals surface area contributed by atoms with Crippen molar-refractivity contribution in [3.8, 4) is 0 Å². The Balaban J connectivity index is 2.31. The maximum absolute atomic E-state index is 11.7. The van der Waals surface area contributed by atoms with Crippen molar-refractivity contribution in [2.75, 3.05) is 17.6 Å². The normalized spacial score (nSPS) is 11.7. The van der Waals surface area contributed by atoms with E-state index in [1.165, 1.54) is 0 Å². The zero-order valence-electron chi connectivity index (χ0n) is 9.47. The number of esters is 2. The SMILES string of the molecule is O=C(CI)OCCOC(=O)C(I)c1ccccc1. The number of rotatable bonds is 6. The summed E-state index contributed by atoms with van der Waals surface area (Å²) in [5.74, 6) is -0.631. The number of benzene rings is 1. The first-order valence-corrected chi connectivity index (χ1v) is 7.99. The number of ether oxygens (including phenoxy) is 2. The van der Waals surface area contributed by atoms with Crippen molar-refractivity contribution in [1.29, 1.82) is 0 Å². The van der Waals surface area contributed by atoms with Crippen LogP contribution in [0, 0.1) is 0 Å². The van der Waals surface area contributed by atoms with Crippen LogP contribution in [0.15, 0.2) is 30.3 Å². The minimum absolute atomic E-state index is 0.0908. The Bertz CT molecular complexity index is 394. The molecule has 6 heteroatoms. The molecule has 0 fully saturated rings. The molecule has 1 rings (SSSR count).